The van der Waals surface area contributed by atoms with Crippen LogP contribution in [0.15, 0.2) is 53.0 Å². The summed E-state index contributed by atoms with van der Waals surface area (Å²) in [5, 5.41) is 0. The lowest BCUT2D eigenvalue weighted by molar-refractivity contribution is 0.817. The lowest BCUT2D eigenvalue weighted by Crippen LogP contribution is -2.16. The number of hydrogen-bond donors (Lipinski definition) is 1. The maximum absolute atomic E-state index is 5.86. The predicted molar refractivity (Wildman–Crippen MR) is 85.3 cm³/mol. The Kier molecular flexibility index (Phi) is 4.61. The van der Waals surface area contributed by atoms with E-state index in [1.54, 1.807) is 0 Å². The van der Waals surface area contributed by atoms with Crippen LogP contribution in [0.5, 0.6) is 0 Å². The maximum atomic E-state index is 5.86. The number of rotatable bonds is 4. The zero-order chi connectivity index (χ0) is 13.8. The van der Waals surface area contributed by atoms with Gasteiger partial charge in [0.15, 0.2) is 0 Å². The summed E-state index contributed by atoms with van der Waals surface area (Å²) in [5.74, 6) is 0. The van der Waals surface area contributed by atoms with Crippen LogP contribution >= 0.6 is 15.9 Å². The van der Waals surface area contributed by atoms with Gasteiger partial charge in [-0.25, -0.2) is 0 Å². The predicted octanol–water partition coefficient (Wildman–Crippen LogP) is 4.11. The average molecular weight is 319 g/mol. The molecule has 2 aromatic carbocycles. The minimum Gasteiger partial charge on any atom is -0.370 e. The van der Waals surface area contributed by atoms with Crippen molar-refractivity contribution in [3.63, 3.8) is 0 Å². The van der Waals surface area contributed by atoms with Crippen molar-refractivity contribution in [2.45, 2.75) is 19.5 Å². The third-order valence-corrected chi connectivity index (χ3v) is 3.66. The van der Waals surface area contributed by atoms with E-state index in [1.807, 2.05) is 13.0 Å². The molecule has 2 aromatic rings. The Balaban J connectivity index is 2.09. The van der Waals surface area contributed by atoms with Crippen molar-refractivity contribution in [3.05, 3.63) is 64.1 Å². The van der Waals surface area contributed by atoms with Gasteiger partial charge in [0.25, 0.3) is 0 Å². The topological polar surface area (TPSA) is 29.3 Å². The first-order valence-corrected chi connectivity index (χ1v) is 7.16. The van der Waals surface area contributed by atoms with Gasteiger partial charge in [0, 0.05) is 29.8 Å². The summed E-state index contributed by atoms with van der Waals surface area (Å²) in [7, 11) is 2.10. The third-order valence-electron chi connectivity index (χ3n) is 3.17. The van der Waals surface area contributed by atoms with E-state index >= 15 is 0 Å². The van der Waals surface area contributed by atoms with Crippen molar-refractivity contribution >= 4 is 21.6 Å². The van der Waals surface area contributed by atoms with E-state index in [2.05, 4.69) is 70.3 Å². The summed E-state index contributed by atoms with van der Waals surface area (Å²) in [6.07, 6.45) is 0. The second kappa shape index (κ2) is 6.22. The van der Waals surface area contributed by atoms with Crippen molar-refractivity contribution in [3.8, 4) is 0 Å². The molecule has 2 nitrogen and oxygen atoms in total. The molecule has 0 amide bonds. The number of nitrogens with zero attached hydrogens (tertiary/aromatic N) is 1. The summed E-state index contributed by atoms with van der Waals surface area (Å²) in [6, 6.07) is 16.9. The van der Waals surface area contributed by atoms with E-state index in [9.17, 15) is 0 Å². The Labute approximate surface area is 123 Å². The molecule has 0 aromatic heterocycles. The van der Waals surface area contributed by atoms with Gasteiger partial charge in [-0.05, 0) is 42.3 Å². The van der Waals surface area contributed by atoms with Gasteiger partial charge in [0.1, 0.15) is 0 Å². The molecule has 2 rings (SSSR count). The first kappa shape index (κ1) is 14.1. The molecular formula is C16H19BrN2. The van der Waals surface area contributed by atoms with Gasteiger partial charge in [0.2, 0.25) is 0 Å². The van der Waals surface area contributed by atoms with Crippen molar-refractivity contribution in [1.29, 1.82) is 0 Å². The van der Waals surface area contributed by atoms with Crippen LogP contribution < -0.4 is 10.6 Å². The van der Waals surface area contributed by atoms with Crippen molar-refractivity contribution < 1.29 is 0 Å². The second-order valence-corrected chi connectivity index (χ2v) is 5.78. The summed E-state index contributed by atoms with van der Waals surface area (Å²) in [5.41, 5.74) is 9.51. The van der Waals surface area contributed by atoms with Crippen LogP contribution in [0, 0.1) is 0 Å². The zero-order valence-corrected chi connectivity index (χ0v) is 12.9. The Morgan fingerprint density at radius 2 is 1.84 bits per heavy atom. The normalized spacial score (nSPS) is 12.2. The molecule has 1 unspecified atom stereocenters. The quantitative estimate of drug-likeness (QED) is 0.919. The Morgan fingerprint density at radius 3 is 2.42 bits per heavy atom. The molecule has 0 fully saturated rings. The lowest BCUT2D eigenvalue weighted by Gasteiger charge is -2.20. The summed E-state index contributed by atoms with van der Waals surface area (Å²) >= 11 is 3.50. The molecule has 1 atom stereocenters. The second-order valence-electron chi connectivity index (χ2n) is 4.87. The lowest BCUT2D eigenvalue weighted by atomic mass is 10.1. The van der Waals surface area contributed by atoms with Gasteiger partial charge in [-0.1, -0.05) is 40.2 Å². The van der Waals surface area contributed by atoms with Crippen LogP contribution in [0.3, 0.4) is 0 Å². The summed E-state index contributed by atoms with van der Waals surface area (Å²) < 4.78 is 1.12. The van der Waals surface area contributed by atoms with Crippen LogP contribution in [-0.2, 0) is 6.54 Å². The highest BCUT2D eigenvalue weighted by molar-refractivity contribution is 9.10. The summed E-state index contributed by atoms with van der Waals surface area (Å²) in [6.45, 7) is 2.89. The SMILES string of the molecule is CC(N)c1ccc(N(C)Cc2cccc(Br)c2)cc1. The van der Waals surface area contributed by atoms with E-state index < -0.39 is 0 Å². The minimum atomic E-state index is 0.0874. The molecule has 0 radical (unpaired) electrons. The standard InChI is InChI=1S/C16H19BrN2/c1-12(18)14-6-8-16(9-7-14)19(2)11-13-4-3-5-15(17)10-13/h3-10,12H,11,18H2,1-2H3. The molecule has 19 heavy (non-hydrogen) atoms. The van der Waals surface area contributed by atoms with Crippen LogP contribution in [-0.4, -0.2) is 7.05 Å². The maximum Gasteiger partial charge on any atom is 0.0426 e. The van der Waals surface area contributed by atoms with Crippen LogP contribution in [0.2, 0.25) is 0 Å². The fourth-order valence-electron chi connectivity index (χ4n) is 2.03. The fraction of sp³-hybridized carbons (Fsp3) is 0.250. The van der Waals surface area contributed by atoms with Crippen molar-refractivity contribution in [1.82, 2.24) is 0 Å². The van der Waals surface area contributed by atoms with Gasteiger partial charge < -0.3 is 10.6 Å². The first-order chi connectivity index (χ1) is 9.06. The highest BCUT2D eigenvalue weighted by Crippen LogP contribution is 2.20. The molecule has 0 aliphatic carbocycles. The molecule has 100 valence electrons. The molecule has 0 heterocycles. The van der Waals surface area contributed by atoms with E-state index in [1.165, 1.54) is 16.8 Å². The third kappa shape index (κ3) is 3.82. The fourth-order valence-corrected chi connectivity index (χ4v) is 2.48. The van der Waals surface area contributed by atoms with E-state index in [4.69, 9.17) is 5.73 Å². The molecule has 0 saturated heterocycles. The van der Waals surface area contributed by atoms with E-state index in [-0.39, 0.29) is 6.04 Å². The van der Waals surface area contributed by atoms with Crippen LogP contribution in [0.1, 0.15) is 24.1 Å². The molecule has 3 heteroatoms. The highest BCUT2D eigenvalue weighted by Gasteiger charge is 2.04. The van der Waals surface area contributed by atoms with Crippen molar-refractivity contribution in [2.24, 2.45) is 5.73 Å². The van der Waals surface area contributed by atoms with E-state index in [0.717, 1.165) is 11.0 Å². The zero-order valence-electron chi connectivity index (χ0n) is 11.3. The number of hydrogen-bond acceptors (Lipinski definition) is 2. The Morgan fingerprint density at radius 1 is 1.16 bits per heavy atom. The molecule has 0 aliphatic heterocycles. The molecule has 0 spiro atoms. The number of halogens is 1. The average Bonchev–Trinajstić information content (AvgIpc) is 2.39. The molecular weight excluding hydrogens is 300 g/mol. The van der Waals surface area contributed by atoms with Gasteiger partial charge in [-0.3, -0.25) is 0 Å². The molecule has 0 saturated carbocycles. The summed E-state index contributed by atoms with van der Waals surface area (Å²) in [4.78, 5) is 2.23. The monoisotopic (exact) mass is 318 g/mol. The minimum absolute atomic E-state index is 0.0874. The van der Waals surface area contributed by atoms with Crippen LogP contribution in [0.25, 0.3) is 0 Å². The Bertz CT molecular complexity index is 535. The van der Waals surface area contributed by atoms with Crippen molar-refractivity contribution in [2.75, 3.05) is 11.9 Å². The number of nitrogens with two attached hydrogens (primary N) is 1. The van der Waals surface area contributed by atoms with Crippen LogP contribution in [0.4, 0.5) is 5.69 Å². The Hall–Kier alpha value is -1.32. The van der Waals surface area contributed by atoms with Gasteiger partial charge in [-0.15, -0.1) is 0 Å². The molecule has 0 bridgehead atoms. The van der Waals surface area contributed by atoms with Gasteiger partial charge in [0.05, 0.1) is 0 Å². The van der Waals surface area contributed by atoms with E-state index in [0.29, 0.717) is 0 Å². The molecule has 0 aliphatic rings. The number of anilines is 1. The molecule has 2 N–H and O–H groups in total. The first-order valence-electron chi connectivity index (χ1n) is 6.37. The largest absolute Gasteiger partial charge is 0.370 e. The van der Waals surface area contributed by atoms with Gasteiger partial charge in [-0.2, -0.15) is 0 Å². The smallest absolute Gasteiger partial charge is 0.0426 e. The van der Waals surface area contributed by atoms with Gasteiger partial charge >= 0.3 is 0 Å². The highest BCUT2D eigenvalue weighted by atomic mass is 79.9. The number of benzene rings is 2.